The summed E-state index contributed by atoms with van der Waals surface area (Å²) in [5.74, 6) is 0. The fourth-order valence-corrected chi connectivity index (χ4v) is 0.864. The average Bonchev–Trinajstić information content (AvgIpc) is 2.45. The molecular formula is C8H12B2F4N4NiO4. The molecule has 0 N–H and O–H groups in total. The van der Waals surface area contributed by atoms with Crippen molar-refractivity contribution in [1.29, 1.82) is 0 Å². The van der Waals surface area contributed by atoms with E-state index in [-0.39, 0.29) is 39.3 Å². The van der Waals surface area contributed by atoms with Crippen LogP contribution in [0.5, 0.6) is 0 Å². The number of nitrogens with zero attached hydrogens (tertiary/aromatic N) is 4. The van der Waals surface area contributed by atoms with E-state index >= 15 is 0 Å². The van der Waals surface area contributed by atoms with Gasteiger partial charge >= 0.3 is 30.7 Å². The molecule has 8 nitrogen and oxygen atoms in total. The summed E-state index contributed by atoms with van der Waals surface area (Å²) >= 11 is 0. The standard InChI is InChI=1S/C8H12B2F4N4O4.Ni/c1-5-6(2)16-20-10(13,14)22-18-8(4)7(3)17-21-9(11,12)19-15-5;/h1-4H3;/q-2;+2/b15-5+,16-6+,17-7+,18-8+;. The van der Waals surface area contributed by atoms with E-state index in [1.165, 1.54) is 27.7 Å². The monoisotopic (exact) mass is 384 g/mol. The van der Waals surface area contributed by atoms with E-state index in [0.29, 0.717) is 0 Å². The number of rotatable bonds is 0. The summed E-state index contributed by atoms with van der Waals surface area (Å²) in [5, 5.41) is 12.1. The van der Waals surface area contributed by atoms with Gasteiger partial charge in [0.2, 0.25) is 0 Å². The maximum absolute atomic E-state index is 13.2. The van der Waals surface area contributed by atoms with Gasteiger partial charge in [-0.1, -0.05) is 0 Å². The van der Waals surface area contributed by atoms with Gasteiger partial charge in [-0.25, -0.2) is 0 Å². The normalized spacial score (nSPS) is 30.3. The number of halogens is 4. The predicted molar refractivity (Wildman–Crippen MR) is 72.7 cm³/mol. The van der Waals surface area contributed by atoms with E-state index in [1.54, 1.807) is 0 Å². The molecule has 0 saturated heterocycles. The molecular weight excluding hydrogens is 372 g/mol. The van der Waals surface area contributed by atoms with Gasteiger partial charge in [0.1, 0.15) is 0 Å². The summed E-state index contributed by atoms with van der Waals surface area (Å²) in [7, 11) is -9.71. The van der Waals surface area contributed by atoms with Gasteiger partial charge in [-0.15, -0.1) is 20.6 Å². The Bertz CT molecular complexity index is 466. The quantitative estimate of drug-likeness (QED) is 0.474. The third-order valence-electron chi connectivity index (χ3n) is 2.30. The van der Waals surface area contributed by atoms with Gasteiger partial charge in [0.15, 0.2) is 0 Å². The van der Waals surface area contributed by atoms with Gasteiger partial charge in [-0.3, -0.25) is 0 Å². The minimum absolute atomic E-state index is 0. The van der Waals surface area contributed by atoms with Crippen molar-refractivity contribution < 1.29 is 52.8 Å². The van der Waals surface area contributed by atoms with Crippen molar-refractivity contribution >= 4 is 37.1 Å². The van der Waals surface area contributed by atoms with Crippen molar-refractivity contribution in [2.75, 3.05) is 0 Å². The predicted octanol–water partition coefficient (Wildman–Crippen LogP) is 2.32. The molecule has 0 radical (unpaired) electrons. The number of hydrogen-bond acceptors (Lipinski definition) is 8. The van der Waals surface area contributed by atoms with Crippen molar-refractivity contribution in [3.05, 3.63) is 0 Å². The van der Waals surface area contributed by atoms with Crippen LogP contribution in [-0.4, -0.2) is 37.1 Å². The molecule has 0 unspecified atom stereocenters. The van der Waals surface area contributed by atoms with Crippen LogP contribution < -0.4 is 0 Å². The van der Waals surface area contributed by atoms with Crippen molar-refractivity contribution in [2.45, 2.75) is 27.7 Å². The van der Waals surface area contributed by atoms with Crippen molar-refractivity contribution in [2.24, 2.45) is 20.6 Å². The van der Waals surface area contributed by atoms with Gasteiger partial charge in [0, 0.05) is 0 Å². The van der Waals surface area contributed by atoms with Crippen LogP contribution in [0.4, 0.5) is 17.3 Å². The minimum atomic E-state index is -4.85. The van der Waals surface area contributed by atoms with Crippen LogP contribution in [0.2, 0.25) is 0 Å². The van der Waals surface area contributed by atoms with Crippen molar-refractivity contribution in [1.82, 2.24) is 0 Å². The molecule has 0 saturated carbocycles. The van der Waals surface area contributed by atoms with E-state index in [4.69, 9.17) is 0 Å². The molecule has 0 aliphatic carbocycles. The smallest absolute Gasteiger partial charge is 0.519 e. The van der Waals surface area contributed by atoms with E-state index in [0.717, 1.165) is 0 Å². The Morgan fingerprint density at radius 3 is 0.913 bits per heavy atom. The second kappa shape index (κ2) is 8.18. The largest absolute Gasteiger partial charge is 2.00 e. The first kappa shape index (κ1) is 21.2. The maximum Gasteiger partial charge on any atom is 2.00 e. The van der Waals surface area contributed by atoms with Gasteiger partial charge < -0.3 is 36.3 Å². The Labute approximate surface area is 139 Å². The van der Waals surface area contributed by atoms with Gasteiger partial charge in [0.05, 0.1) is 22.8 Å². The molecule has 0 spiro atoms. The summed E-state index contributed by atoms with van der Waals surface area (Å²) in [6.07, 6.45) is 0. The zero-order valence-corrected chi connectivity index (χ0v) is 13.4. The molecule has 1 heterocycles. The molecule has 0 amide bonds. The summed E-state index contributed by atoms with van der Waals surface area (Å²) in [6, 6.07) is 0. The van der Waals surface area contributed by atoms with E-state index in [9.17, 15) is 17.3 Å². The molecule has 0 aromatic rings. The summed E-state index contributed by atoms with van der Waals surface area (Å²) in [4.78, 5) is 0. The van der Waals surface area contributed by atoms with Crippen LogP contribution in [0, 0.1) is 0 Å². The third-order valence-corrected chi connectivity index (χ3v) is 2.30. The second-order valence-corrected chi connectivity index (χ2v) is 4.20. The fraction of sp³-hybridized carbons (Fsp3) is 0.500. The minimum Gasteiger partial charge on any atom is -0.519 e. The Morgan fingerprint density at radius 1 is 0.565 bits per heavy atom. The first-order chi connectivity index (χ1) is 10.0. The molecule has 0 fully saturated rings. The van der Waals surface area contributed by atoms with Gasteiger partial charge in [-0.2, -0.15) is 0 Å². The van der Waals surface area contributed by atoms with Gasteiger partial charge in [-0.05, 0) is 27.7 Å². The second-order valence-electron chi connectivity index (χ2n) is 4.20. The molecule has 15 heteroatoms. The molecule has 1 rings (SSSR count). The first-order valence-corrected chi connectivity index (χ1v) is 5.94. The van der Waals surface area contributed by atoms with E-state index in [2.05, 4.69) is 39.6 Å². The van der Waals surface area contributed by atoms with E-state index < -0.39 is 14.2 Å². The summed E-state index contributed by atoms with van der Waals surface area (Å²) in [5.41, 5.74) is -0.966. The average molecular weight is 385 g/mol. The molecule has 1 aliphatic heterocycles. The summed E-state index contributed by atoms with van der Waals surface area (Å²) in [6.45, 7) is 4.73. The zero-order chi connectivity index (χ0) is 17.0. The van der Waals surface area contributed by atoms with Crippen LogP contribution in [-0.2, 0) is 35.5 Å². The SMILES string of the molecule is CC1=N\O[B-](F)(F)O/N=C(C)/C(C)=N/O[B-](F)(F)O\N=C\1C.[Ni+2]. The number of hydrogen-bond donors (Lipinski definition) is 0. The van der Waals surface area contributed by atoms with Crippen molar-refractivity contribution in [3.8, 4) is 0 Å². The summed E-state index contributed by atoms with van der Waals surface area (Å²) < 4.78 is 68.5. The Hall–Kier alpha value is -1.78. The van der Waals surface area contributed by atoms with Crippen LogP contribution in [0.1, 0.15) is 27.7 Å². The molecule has 0 aromatic heterocycles. The van der Waals surface area contributed by atoms with Crippen LogP contribution in [0.3, 0.4) is 0 Å². The maximum atomic E-state index is 13.2. The van der Waals surface area contributed by atoms with Crippen LogP contribution >= 0.6 is 0 Å². The fourth-order valence-electron chi connectivity index (χ4n) is 0.864. The Balaban J connectivity index is 0.00000484. The van der Waals surface area contributed by atoms with E-state index in [1.807, 2.05) is 0 Å². The van der Waals surface area contributed by atoms with Crippen LogP contribution in [0.25, 0.3) is 0 Å². The van der Waals surface area contributed by atoms with Crippen LogP contribution in [0.15, 0.2) is 20.6 Å². The molecule has 23 heavy (non-hydrogen) atoms. The number of oxime groups is 4. The third kappa shape index (κ3) is 7.35. The molecule has 0 bridgehead atoms. The Morgan fingerprint density at radius 2 is 0.739 bits per heavy atom. The molecule has 0 aromatic carbocycles. The molecule has 1 aliphatic rings. The topological polar surface area (TPSA) is 86.4 Å². The molecule has 0 atom stereocenters. The zero-order valence-electron chi connectivity index (χ0n) is 12.4. The molecule has 132 valence electrons. The van der Waals surface area contributed by atoms with Crippen molar-refractivity contribution in [3.63, 3.8) is 0 Å². The van der Waals surface area contributed by atoms with Gasteiger partial charge in [0.25, 0.3) is 0 Å². The first-order valence-electron chi connectivity index (χ1n) is 5.94. The Kier molecular flexibility index (Phi) is 7.55.